The maximum atomic E-state index is 12.1. The fourth-order valence-electron chi connectivity index (χ4n) is 1.79. The lowest BCUT2D eigenvalue weighted by molar-refractivity contribution is 0.102. The summed E-state index contributed by atoms with van der Waals surface area (Å²) in [7, 11) is 0. The van der Waals surface area contributed by atoms with Crippen molar-refractivity contribution < 1.29 is 9.90 Å². The summed E-state index contributed by atoms with van der Waals surface area (Å²) in [5.41, 5.74) is 8.95. The van der Waals surface area contributed by atoms with Crippen LogP contribution in [0.2, 0.25) is 0 Å². The van der Waals surface area contributed by atoms with Crippen molar-refractivity contribution in [1.29, 1.82) is 0 Å². The number of nitrogen functional groups attached to an aromatic ring is 1. The highest BCUT2D eigenvalue weighted by Crippen LogP contribution is 2.22. The van der Waals surface area contributed by atoms with Gasteiger partial charge in [-0.25, -0.2) is 0 Å². The van der Waals surface area contributed by atoms with Crippen molar-refractivity contribution in [2.75, 3.05) is 11.1 Å². The van der Waals surface area contributed by atoms with Crippen molar-refractivity contribution in [3.8, 4) is 5.75 Å². The van der Waals surface area contributed by atoms with Gasteiger partial charge in [0, 0.05) is 23.0 Å². The minimum Gasteiger partial charge on any atom is -0.508 e. The highest BCUT2D eigenvalue weighted by molar-refractivity contribution is 6.06. The molecule has 0 saturated carbocycles. The van der Waals surface area contributed by atoms with Gasteiger partial charge in [0.2, 0.25) is 0 Å². The average Bonchev–Trinajstić information content (AvgIpc) is 2.37. The average molecular weight is 256 g/mol. The molecule has 0 saturated heterocycles. The number of benzene rings is 2. The molecule has 0 heterocycles. The van der Waals surface area contributed by atoms with E-state index in [0.717, 1.165) is 11.1 Å². The van der Waals surface area contributed by atoms with E-state index in [4.69, 9.17) is 5.73 Å². The molecule has 2 aromatic rings. The van der Waals surface area contributed by atoms with Crippen LogP contribution in [0.1, 0.15) is 21.5 Å². The Hall–Kier alpha value is -2.49. The third-order valence-corrected chi connectivity index (χ3v) is 3.09. The molecule has 2 aromatic carbocycles. The van der Waals surface area contributed by atoms with Crippen LogP contribution in [-0.2, 0) is 0 Å². The summed E-state index contributed by atoms with van der Waals surface area (Å²) in [5.74, 6) is -0.0878. The van der Waals surface area contributed by atoms with E-state index in [9.17, 15) is 9.90 Å². The zero-order valence-electron chi connectivity index (χ0n) is 10.9. The van der Waals surface area contributed by atoms with Gasteiger partial charge in [-0.1, -0.05) is 12.1 Å². The van der Waals surface area contributed by atoms with E-state index < -0.39 is 0 Å². The summed E-state index contributed by atoms with van der Waals surface area (Å²) in [6, 6.07) is 10.2. The van der Waals surface area contributed by atoms with E-state index >= 15 is 0 Å². The Bertz CT molecular complexity index is 636. The van der Waals surface area contributed by atoms with E-state index in [1.54, 1.807) is 44.2 Å². The summed E-state index contributed by atoms with van der Waals surface area (Å²) in [4.78, 5) is 12.1. The number of anilines is 2. The number of carbonyl (C=O) groups excluding carboxylic acids is 1. The summed E-state index contributed by atoms with van der Waals surface area (Å²) < 4.78 is 0. The standard InChI is InChI=1S/C15H16N2O2/c1-9-6-7-11(8-14(9)18)17-15(19)12-4-3-5-13(16)10(12)2/h3-8,18H,16H2,1-2H3,(H,17,19). The number of phenolic OH excluding ortho intramolecular Hbond substituents is 1. The van der Waals surface area contributed by atoms with Crippen LogP contribution in [0.4, 0.5) is 11.4 Å². The number of hydrogen-bond acceptors (Lipinski definition) is 3. The molecule has 1 amide bonds. The van der Waals surface area contributed by atoms with Gasteiger partial charge in [-0.3, -0.25) is 4.79 Å². The number of aromatic hydroxyl groups is 1. The van der Waals surface area contributed by atoms with Gasteiger partial charge >= 0.3 is 0 Å². The van der Waals surface area contributed by atoms with Crippen molar-refractivity contribution in [3.63, 3.8) is 0 Å². The van der Waals surface area contributed by atoms with Crippen molar-refractivity contribution in [2.45, 2.75) is 13.8 Å². The maximum Gasteiger partial charge on any atom is 0.256 e. The van der Waals surface area contributed by atoms with Crippen LogP contribution < -0.4 is 11.1 Å². The van der Waals surface area contributed by atoms with Crippen molar-refractivity contribution in [1.82, 2.24) is 0 Å². The van der Waals surface area contributed by atoms with Gasteiger partial charge in [0.05, 0.1) is 0 Å². The van der Waals surface area contributed by atoms with Crippen LogP contribution in [0.5, 0.6) is 5.75 Å². The van der Waals surface area contributed by atoms with Crippen LogP contribution in [0, 0.1) is 13.8 Å². The molecule has 4 N–H and O–H groups in total. The Kier molecular flexibility index (Phi) is 3.42. The molecule has 0 atom stereocenters. The molecule has 0 spiro atoms. The van der Waals surface area contributed by atoms with Gasteiger partial charge in [0.15, 0.2) is 0 Å². The van der Waals surface area contributed by atoms with Crippen LogP contribution >= 0.6 is 0 Å². The van der Waals surface area contributed by atoms with Crippen molar-refractivity contribution in [3.05, 3.63) is 53.1 Å². The highest BCUT2D eigenvalue weighted by Gasteiger charge is 2.11. The van der Waals surface area contributed by atoms with Gasteiger partial charge in [-0.05, 0) is 43.2 Å². The van der Waals surface area contributed by atoms with Gasteiger partial charge in [-0.2, -0.15) is 0 Å². The largest absolute Gasteiger partial charge is 0.508 e. The fraction of sp³-hybridized carbons (Fsp3) is 0.133. The second kappa shape index (κ2) is 5.02. The maximum absolute atomic E-state index is 12.1. The van der Waals surface area contributed by atoms with Crippen LogP contribution in [0.3, 0.4) is 0 Å². The lowest BCUT2D eigenvalue weighted by atomic mass is 10.1. The van der Waals surface area contributed by atoms with Crippen LogP contribution in [-0.4, -0.2) is 11.0 Å². The normalized spacial score (nSPS) is 10.2. The molecule has 2 rings (SSSR count). The third-order valence-electron chi connectivity index (χ3n) is 3.09. The molecular weight excluding hydrogens is 240 g/mol. The lowest BCUT2D eigenvalue weighted by Crippen LogP contribution is -2.14. The zero-order valence-corrected chi connectivity index (χ0v) is 10.9. The SMILES string of the molecule is Cc1ccc(NC(=O)c2cccc(N)c2C)cc1O. The molecule has 0 aliphatic heterocycles. The molecule has 0 aromatic heterocycles. The number of hydrogen-bond donors (Lipinski definition) is 3. The Labute approximate surface area is 111 Å². The topological polar surface area (TPSA) is 75.4 Å². The predicted octanol–water partition coefficient (Wildman–Crippen LogP) is 2.84. The molecule has 4 heteroatoms. The third kappa shape index (κ3) is 2.68. The second-order valence-electron chi connectivity index (χ2n) is 4.48. The van der Waals surface area contributed by atoms with E-state index in [2.05, 4.69) is 5.32 Å². The first kappa shape index (κ1) is 13.0. The summed E-state index contributed by atoms with van der Waals surface area (Å²) in [5, 5.41) is 12.4. The lowest BCUT2D eigenvalue weighted by Gasteiger charge is -2.10. The minimum atomic E-state index is -0.243. The first-order valence-electron chi connectivity index (χ1n) is 5.95. The monoisotopic (exact) mass is 256 g/mol. The molecular formula is C15H16N2O2. The molecule has 0 aliphatic carbocycles. The number of phenols is 1. The number of aryl methyl sites for hydroxylation is 1. The molecule has 0 bridgehead atoms. The molecule has 98 valence electrons. The smallest absolute Gasteiger partial charge is 0.256 e. The molecule has 19 heavy (non-hydrogen) atoms. The quantitative estimate of drug-likeness (QED) is 0.723. The van der Waals surface area contributed by atoms with Gasteiger partial charge < -0.3 is 16.2 Å². The van der Waals surface area contributed by atoms with Gasteiger partial charge in [0.25, 0.3) is 5.91 Å². The molecule has 4 nitrogen and oxygen atoms in total. The first-order chi connectivity index (χ1) is 8.99. The molecule has 0 aliphatic rings. The fourth-order valence-corrected chi connectivity index (χ4v) is 1.79. The number of amides is 1. The predicted molar refractivity (Wildman–Crippen MR) is 76.4 cm³/mol. The van der Waals surface area contributed by atoms with Crippen molar-refractivity contribution >= 4 is 17.3 Å². The minimum absolute atomic E-state index is 0.155. The van der Waals surface area contributed by atoms with Crippen LogP contribution in [0.25, 0.3) is 0 Å². The van der Waals surface area contributed by atoms with E-state index in [1.165, 1.54) is 6.07 Å². The number of carbonyl (C=O) groups is 1. The van der Waals surface area contributed by atoms with Crippen LogP contribution in [0.15, 0.2) is 36.4 Å². The van der Waals surface area contributed by atoms with Gasteiger partial charge in [0.1, 0.15) is 5.75 Å². The molecule has 0 fully saturated rings. The summed E-state index contributed by atoms with van der Waals surface area (Å²) in [6.45, 7) is 3.60. The van der Waals surface area contributed by atoms with E-state index in [-0.39, 0.29) is 11.7 Å². The molecule has 0 radical (unpaired) electrons. The summed E-state index contributed by atoms with van der Waals surface area (Å²) >= 11 is 0. The first-order valence-corrected chi connectivity index (χ1v) is 5.95. The van der Waals surface area contributed by atoms with Crippen molar-refractivity contribution in [2.24, 2.45) is 0 Å². The Morgan fingerprint density at radius 1 is 1.21 bits per heavy atom. The Morgan fingerprint density at radius 2 is 1.95 bits per heavy atom. The van der Waals surface area contributed by atoms with E-state index in [1.807, 2.05) is 0 Å². The zero-order chi connectivity index (χ0) is 14.0. The second-order valence-corrected chi connectivity index (χ2v) is 4.48. The number of nitrogens with two attached hydrogens (primary N) is 1. The molecule has 0 unspecified atom stereocenters. The number of nitrogens with one attached hydrogen (secondary N) is 1. The van der Waals surface area contributed by atoms with E-state index in [0.29, 0.717) is 16.9 Å². The highest BCUT2D eigenvalue weighted by atomic mass is 16.3. The number of rotatable bonds is 2. The summed E-state index contributed by atoms with van der Waals surface area (Å²) in [6.07, 6.45) is 0. The Balaban J connectivity index is 2.26. The van der Waals surface area contributed by atoms with Gasteiger partial charge in [-0.15, -0.1) is 0 Å². The Morgan fingerprint density at radius 3 is 2.63 bits per heavy atom.